The van der Waals surface area contributed by atoms with Gasteiger partial charge in [0.2, 0.25) is 0 Å². The van der Waals surface area contributed by atoms with Crippen molar-refractivity contribution in [3.05, 3.63) is 71.5 Å². The number of halogens is 1. The van der Waals surface area contributed by atoms with Crippen molar-refractivity contribution in [1.82, 2.24) is 9.97 Å². The molecule has 6 heteroatoms. The lowest BCUT2D eigenvalue weighted by molar-refractivity contribution is 1.09. The van der Waals surface area contributed by atoms with Gasteiger partial charge < -0.3 is 16.4 Å². The Hall–Kier alpha value is -2.79. The van der Waals surface area contributed by atoms with Gasteiger partial charge in [-0.05, 0) is 23.8 Å². The van der Waals surface area contributed by atoms with Crippen molar-refractivity contribution in [3.63, 3.8) is 0 Å². The van der Waals surface area contributed by atoms with Crippen molar-refractivity contribution in [2.24, 2.45) is 0 Å². The molecular weight excluding hydrogens is 310 g/mol. The molecule has 1 aromatic heterocycles. The minimum Gasteiger partial charge on any atom is -0.393 e. The number of rotatable bonds is 5. The number of hydrogen-bond donors (Lipinski definition) is 3. The Labute approximate surface area is 139 Å². The van der Waals surface area contributed by atoms with Crippen LogP contribution in [-0.2, 0) is 6.54 Å². The van der Waals surface area contributed by atoms with Crippen LogP contribution in [0.4, 0.5) is 23.0 Å². The monoisotopic (exact) mass is 325 g/mol. The Balaban J connectivity index is 1.76. The van der Waals surface area contributed by atoms with Crippen LogP contribution in [0.15, 0.2) is 60.9 Å². The number of anilines is 4. The Morgan fingerprint density at radius 2 is 1.61 bits per heavy atom. The number of nitrogen functional groups attached to an aromatic ring is 1. The molecule has 0 unspecified atom stereocenters. The van der Waals surface area contributed by atoms with Crippen LogP contribution in [0.5, 0.6) is 0 Å². The molecule has 0 aliphatic rings. The van der Waals surface area contributed by atoms with E-state index in [2.05, 4.69) is 20.6 Å². The first-order chi connectivity index (χ1) is 11.2. The van der Waals surface area contributed by atoms with Gasteiger partial charge in [-0.1, -0.05) is 48.0 Å². The third kappa shape index (κ3) is 3.70. The number of hydrogen-bond acceptors (Lipinski definition) is 5. The molecule has 0 saturated heterocycles. The van der Waals surface area contributed by atoms with Gasteiger partial charge in [0.25, 0.3) is 0 Å². The van der Waals surface area contributed by atoms with Crippen LogP contribution in [0.1, 0.15) is 5.56 Å². The van der Waals surface area contributed by atoms with Gasteiger partial charge in [0.1, 0.15) is 12.0 Å². The van der Waals surface area contributed by atoms with Crippen LogP contribution >= 0.6 is 11.6 Å². The number of para-hydroxylation sites is 1. The van der Waals surface area contributed by atoms with Crippen molar-refractivity contribution < 1.29 is 0 Å². The Kier molecular flexibility index (Phi) is 4.59. The van der Waals surface area contributed by atoms with E-state index in [-0.39, 0.29) is 0 Å². The quantitative estimate of drug-likeness (QED) is 0.659. The lowest BCUT2D eigenvalue weighted by Gasteiger charge is -2.13. The molecule has 1 heterocycles. The second-order valence-corrected chi connectivity index (χ2v) is 5.33. The van der Waals surface area contributed by atoms with Gasteiger partial charge in [-0.3, -0.25) is 0 Å². The van der Waals surface area contributed by atoms with Gasteiger partial charge in [-0.15, -0.1) is 0 Å². The van der Waals surface area contributed by atoms with E-state index in [4.69, 9.17) is 17.3 Å². The highest BCUT2D eigenvalue weighted by Crippen LogP contribution is 2.26. The highest BCUT2D eigenvalue weighted by atomic mass is 35.5. The summed E-state index contributed by atoms with van der Waals surface area (Å²) in [4.78, 5) is 8.39. The van der Waals surface area contributed by atoms with Gasteiger partial charge in [-0.25, -0.2) is 9.97 Å². The average Bonchev–Trinajstić information content (AvgIpc) is 2.58. The van der Waals surface area contributed by atoms with E-state index < -0.39 is 0 Å². The second kappa shape index (κ2) is 6.98. The van der Waals surface area contributed by atoms with Crippen LogP contribution in [0.3, 0.4) is 0 Å². The van der Waals surface area contributed by atoms with E-state index in [0.29, 0.717) is 28.9 Å². The fourth-order valence-corrected chi connectivity index (χ4v) is 2.32. The molecule has 0 radical (unpaired) electrons. The maximum atomic E-state index is 6.15. The summed E-state index contributed by atoms with van der Waals surface area (Å²) < 4.78 is 0. The van der Waals surface area contributed by atoms with Crippen LogP contribution in [0.25, 0.3) is 0 Å². The second-order valence-electron chi connectivity index (χ2n) is 4.92. The maximum Gasteiger partial charge on any atom is 0.159 e. The van der Waals surface area contributed by atoms with Crippen molar-refractivity contribution in [3.8, 4) is 0 Å². The summed E-state index contributed by atoms with van der Waals surface area (Å²) in [5.74, 6) is 1.13. The van der Waals surface area contributed by atoms with Crippen molar-refractivity contribution in [2.75, 3.05) is 16.4 Å². The van der Waals surface area contributed by atoms with Crippen LogP contribution < -0.4 is 16.4 Å². The Bertz CT molecular complexity index is 792. The fraction of sp³-hybridized carbons (Fsp3) is 0.0588. The molecule has 0 aliphatic heterocycles. The zero-order chi connectivity index (χ0) is 16.1. The van der Waals surface area contributed by atoms with Gasteiger partial charge >= 0.3 is 0 Å². The van der Waals surface area contributed by atoms with E-state index in [1.807, 2.05) is 54.6 Å². The largest absolute Gasteiger partial charge is 0.393 e. The number of nitrogens with zero attached hydrogens (tertiary/aromatic N) is 2. The summed E-state index contributed by atoms with van der Waals surface area (Å²) in [6.45, 7) is 0.533. The number of benzene rings is 2. The highest BCUT2D eigenvalue weighted by molar-refractivity contribution is 6.31. The van der Waals surface area contributed by atoms with Gasteiger partial charge in [0.05, 0.1) is 0 Å². The summed E-state index contributed by atoms with van der Waals surface area (Å²) in [5, 5.41) is 7.08. The molecule has 2 aromatic carbocycles. The normalized spacial score (nSPS) is 10.3. The fourth-order valence-electron chi connectivity index (χ4n) is 2.11. The first-order valence-electron chi connectivity index (χ1n) is 7.14. The first kappa shape index (κ1) is 15.1. The smallest absolute Gasteiger partial charge is 0.159 e. The van der Waals surface area contributed by atoms with Crippen LogP contribution in [0, 0.1) is 0 Å². The molecule has 3 aromatic rings. The van der Waals surface area contributed by atoms with E-state index in [1.54, 1.807) is 0 Å². The summed E-state index contributed by atoms with van der Waals surface area (Å²) in [7, 11) is 0. The molecule has 4 N–H and O–H groups in total. The molecule has 3 rings (SSSR count). The summed E-state index contributed by atoms with van der Waals surface area (Å²) in [6.07, 6.45) is 1.47. The van der Waals surface area contributed by atoms with Crippen LogP contribution in [0.2, 0.25) is 5.02 Å². The molecule has 0 amide bonds. The van der Waals surface area contributed by atoms with Crippen molar-refractivity contribution in [2.45, 2.75) is 6.54 Å². The topological polar surface area (TPSA) is 75.9 Å². The summed E-state index contributed by atoms with van der Waals surface area (Å²) in [6, 6.07) is 17.4. The third-order valence-corrected chi connectivity index (χ3v) is 3.69. The van der Waals surface area contributed by atoms with Crippen molar-refractivity contribution in [1.29, 1.82) is 0 Å². The minimum atomic E-state index is 0.461. The zero-order valence-corrected chi connectivity index (χ0v) is 13.1. The predicted molar refractivity (Wildman–Crippen MR) is 94.9 cm³/mol. The molecular formula is C17H16ClN5. The lowest BCUT2D eigenvalue weighted by Crippen LogP contribution is -2.08. The molecule has 0 saturated carbocycles. The summed E-state index contributed by atoms with van der Waals surface area (Å²) >= 11 is 6.15. The molecule has 0 bridgehead atoms. The Morgan fingerprint density at radius 3 is 2.39 bits per heavy atom. The standard InChI is InChI=1S/C17H16ClN5/c18-14-9-5-4-6-12(14)10-20-16-15(19)17(22-11-21-16)23-13-7-2-1-3-8-13/h1-9,11H,10,19H2,(H2,20,21,22,23). The van der Waals surface area contributed by atoms with Crippen molar-refractivity contribution >= 4 is 34.6 Å². The minimum absolute atomic E-state index is 0.461. The van der Waals surface area contributed by atoms with E-state index in [1.165, 1.54) is 6.33 Å². The Morgan fingerprint density at radius 1 is 0.913 bits per heavy atom. The lowest BCUT2D eigenvalue weighted by atomic mass is 10.2. The maximum absolute atomic E-state index is 6.15. The van der Waals surface area contributed by atoms with Gasteiger partial charge in [0.15, 0.2) is 11.6 Å². The van der Waals surface area contributed by atoms with Gasteiger partial charge in [-0.2, -0.15) is 0 Å². The first-order valence-corrected chi connectivity index (χ1v) is 7.51. The summed E-state index contributed by atoms with van der Waals surface area (Å²) in [5.41, 5.74) is 8.50. The molecule has 23 heavy (non-hydrogen) atoms. The number of nitrogens with one attached hydrogen (secondary N) is 2. The zero-order valence-electron chi connectivity index (χ0n) is 12.3. The SMILES string of the molecule is Nc1c(NCc2ccccc2Cl)ncnc1Nc1ccccc1. The molecule has 0 fully saturated rings. The highest BCUT2D eigenvalue weighted by Gasteiger charge is 2.08. The number of aromatic nitrogens is 2. The van der Waals surface area contributed by atoms with Crippen LogP contribution in [-0.4, -0.2) is 9.97 Å². The number of nitrogens with two attached hydrogens (primary N) is 1. The van der Waals surface area contributed by atoms with E-state index in [9.17, 15) is 0 Å². The van der Waals surface area contributed by atoms with E-state index >= 15 is 0 Å². The predicted octanol–water partition coefficient (Wildman–Crippen LogP) is 4.07. The average molecular weight is 326 g/mol. The molecule has 0 aliphatic carbocycles. The van der Waals surface area contributed by atoms with E-state index in [0.717, 1.165) is 11.3 Å². The third-order valence-electron chi connectivity index (χ3n) is 3.32. The molecule has 0 atom stereocenters. The molecule has 116 valence electrons. The molecule has 0 spiro atoms. The van der Waals surface area contributed by atoms with Gasteiger partial charge in [0, 0.05) is 17.3 Å². The molecule has 5 nitrogen and oxygen atoms in total.